The van der Waals surface area contributed by atoms with Gasteiger partial charge >= 0.3 is 0 Å². The van der Waals surface area contributed by atoms with Crippen molar-refractivity contribution >= 4 is 29.7 Å². The van der Waals surface area contributed by atoms with Crippen molar-refractivity contribution in [2.24, 2.45) is 5.92 Å². The van der Waals surface area contributed by atoms with Gasteiger partial charge in [0.2, 0.25) is 5.91 Å². The zero-order chi connectivity index (χ0) is 12.3. The lowest BCUT2D eigenvalue weighted by Gasteiger charge is -2.13. The zero-order valence-corrected chi connectivity index (χ0v) is 11.9. The maximum atomic E-state index is 11.7. The summed E-state index contributed by atoms with van der Waals surface area (Å²) in [6, 6.07) is 4.02. The van der Waals surface area contributed by atoms with Crippen LogP contribution in [0.25, 0.3) is 0 Å². The van der Waals surface area contributed by atoms with Gasteiger partial charge in [0.15, 0.2) is 0 Å². The van der Waals surface area contributed by atoms with Crippen LogP contribution in [0.2, 0.25) is 0 Å². The maximum absolute atomic E-state index is 11.7. The van der Waals surface area contributed by atoms with Crippen LogP contribution in [0.5, 0.6) is 0 Å². The van der Waals surface area contributed by atoms with Crippen LogP contribution in [-0.4, -0.2) is 36.8 Å². The molecule has 0 radical (unpaired) electrons. The number of aliphatic hydroxyl groups excluding tert-OH is 1. The summed E-state index contributed by atoms with van der Waals surface area (Å²) >= 11 is 1.65. The number of nitrogens with one attached hydrogen (secondary N) is 2. The lowest BCUT2D eigenvalue weighted by molar-refractivity contribution is -0.120. The number of hydrogen-bond donors (Lipinski definition) is 3. The molecular formula is C12H19ClN2O2S. The molecule has 1 aromatic heterocycles. The van der Waals surface area contributed by atoms with E-state index in [0.29, 0.717) is 19.5 Å². The summed E-state index contributed by atoms with van der Waals surface area (Å²) in [6.45, 7) is 3.99. The highest BCUT2D eigenvalue weighted by Crippen LogP contribution is 2.15. The molecule has 0 bridgehead atoms. The van der Waals surface area contributed by atoms with Gasteiger partial charge in [-0.25, -0.2) is 0 Å². The Morgan fingerprint density at radius 3 is 2.89 bits per heavy atom. The third-order valence-corrected chi connectivity index (χ3v) is 4.00. The number of hydrogen-bond acceptors (Lipinski definition) is 4. The molecular weight excluding hydrogens is 272 g/mol. The lowest BCUT2D eigenvalue weighted by atomic mass is 10.1. The van der Waals surface area contributed by atoms with E-state index in [-0.39, 0.29) is 30.3 Å². The van der Waals surface area contributed by atoms with Gasteiger partial charge in [0.05, 0.1) is 12.5 Å². The van der Waals surface area contributed by atoms with Crippen molar-refractivity contribution in [2.45, 2.75) is 19.4 Å². The Kier molecular flexibility index (Phi) is 6.08. The van der Waals surface area contributed by atoms with E-state index >= 15 is 0 Å². The Labute approximate surface area is 117 Å². The lowest BCUT2D eigenvalue weighted by Crippen LogP contribution is -2.35. The molecule has 6 heteroatoms. The second kappa shape index (κ2) is 7.09. The van der Waals surface area contributed by atoms with Crippen molar-refractivity contribution in [2.75, 3.05) is 19.6 Å². The smallest absolute Gasteiger partial charge is 0.225 e. The first-order chi connectivity index (χ1) is 8.15. The fourth-order valence-electron chi connectivity index (χ4n) is 1.97. The summed E-state index contributed by atoms with van der Waals surface area (Å²) in [5, 5.41) is 15.6. The van der Waals surface area contributed by atoms with E-state index in [1.165, 1.54) is 4.88 Å². The number of aliphatic hydroxyl groups is 1. The van der Waals surface area contributed by atoms with Gasteiger partial charge in [0, 0.05) is 35.3 Å². The van der Waals surface area contributed by atoms with Gasteiger partial charge in [-0.05, 0) is 19.1 Å². The fraction of sp³-hybridized carbons (Fsp3) is 0.583. The molecule has 102 valence electrons. The minimum absolute atomic E-state index is 0. The summed E-state index contributed by atoms with van der Waals surface area (Å²) in [5.74, 6) is 0.176. The van der Waals surface area contributed by atoms with Crippen LogP contribution in [0.4, 0.5) is 0 Å². The van der Waals surface area contributed by atoms with Crippen molar-refractivity contribution in [1.29, 1.82) is 0 Å². The first kappa shape index (κ1) is 15.4. The molecule has 3 N–H and O–H groups in total. The Balaban J connectivity index is 0.00000162. The summed E-state index contributed by atoms with van der Waals surface area (Å²) in [6.07, 6.45) is 0.105. The second-order valence-corrected chi connectivity index (χ2v) is 5.85. The van der Waals surface area contributed by atoms with Crippen molar-refractivity contribution in [1.82, 2.24) is 10.6 Å². The number of rotatable bonds is 4. The van der Waals surface area contributed by atoms with Crippen LogP contribution in [0, 0.1) is 12.8 Å². The van der Waals surface area contributed by atoms with Crippen molar-refractivity contribution in [3.63, 3.8) is 0 Å². The van der Waals surface area contributed by atoms with Crippen LogP contribution >= 0.6 is 23.7 Å². The molecule has 2 heterocycles. The van der Waals surface area contributed by atoms with Crippen LogP contribution in [0.15, 0.2) is 12.1 Å². The molecule has 1 amide bonds. The Bertz CT molecular complexity index is 397. The van der Waals surface area contributed by atoms with Gasteiger partial charge in [0.1, 0.15) is 0 Å². The van der Waals surface area contributed by atoms with Crippen LogP contribution in [-0.2, 0) is 11.2 Å². The monoisotopic (exact) mass is 290 g/mol. The van der Waals surface area contributed by atoms with Gasteiger partial charge in [0.25, 0.3) is 0 Å². The van der Waals surface area contributed by atoms with Gasteiger partial charge in [-0.15, -0.1) is 23.7 Å². The molecule has 0 aromatic carbocycles. The van der Waals surface area contributed by atoms with Gasteiger partial charge in [-0.2, -0.15) is 0 Å². The zero-order valence-electron chi connectivity index (χ0n) is 10.3. The molecule has 1 fully saturated rings. The standard InChI is InChI=1S/C12H18N2O2S.ClH/c1-8-2-3-10(17-8)4-12(16)14-6-9-5-13-7-11(9)15;/h2-3,9,11,13,15H,4-7H2,1H3,(H,14,16);1H. The third-order valence-electron chi connectivity index (χ3n) is 3.00. The van der Waals surface area contributed by atoms with E-state index in [1.54, 1.807) is 11.3 Å². The molecule has 2 unspecified atom stereocenters. The van der Waals surface area contributed by atoms with E-state index in [2.05, 4.69) is 10.6 Å². The Morgan fingerprint density at radius 1 is 1.56 bits per heavy atom. The summed E-state index contributed by atoms with van der Waals surface area (Å²) in [4.78, 5) is 14.0. The van der Waals surface area contributed by atoms with E-state index in [9.17, 15) is 9.90 Å². The predicted molar refractivity (Wildman–Crippen MR) is 75.4 cm³/mol. The molecule has 0 saturated carbocycles. The number of amides is 1. The predicted octanol–water partition coefficient (Wildman–Crippen LogP) is 0.717. The first-order valence-corrected chi connectivity index (χ1v) is 6.67. The molecule has 2 rings (SSSR count). The van der Waals surface area contributed by atoms with E-state index in [1.807, 2.05) is 19.1 Å². The topological polar surface area (TPSA) is 61.4 Å². The number of β-amino-alcohol motifs (C(OH)–C–C–N with tert-alkyl or cyclic N) is 1. The fourth-order valence-corrected chi connectivity index (χ4v) is 2.86. The summed E-state index contributed by atoms with van der Waals surface area (Å²) < 4.78 is 0. The van der Waals surface area contributed by atoms with Gasteiger partial charge < -0.3 is 15.7 Å². The normalized spacial score (nSPS) is 22.6. The molecule has 1 saturated heterocycles. The highest BCUT2D eigenvalue weighted by Gasteiger charge is 2.24. The Hall–Kier alpha value is -0.620. The quantitative estimate of drug-likeness (QED) is 0.766. The second-order valence-electron chi connectivity index (χ2n) is 4.48. The number of halogens is 1. The molecule has 1 aliphatic rings. The van der Waals surface area contributed by atoms with E-state index in [0.717, 1.165) is 11.4 Å². The van der Waals surface area contributed by atoms with Crippen molar-refractivity contribution in [3.05, 3.63) is 21.9 Å². The number of carbonyl (C=O) groups excluding carboxylic acids is 1. The molecule has 0 aliphatic carbocycles. The third kappa shape index (κ3) is 4.24. The number of thiophene rings is 1. The van der Waals surface area contributed by atoms with Crippen LogP contribution in [0.3, 0.4) is 0 Å². The first-order valence-electron chi connectivity index (χ1n) is 5.86. The van der Waals surface area contributed by atoms with Gasteiger partial charge in [-0.3, -0.25) is 4.79 Å². The van der Waals surface area contributed by atoms with Crippen LogP contribution in [0.1, 0.15) is 9.75 Å². The highest BCUT2D eigenvalue weighted by atomic mass is 35.5. The Morgan fingerprint density at radius 2 is 2.33 bits per heavy atom. The molecule has 18 heavy (non-hydrogen) atoms. The molecule has 1 aliphatic heterocycles. The summed E-state index contributed by atoms with van der Waals surface area (Å²) in [7, 11) is 0. The van der Waals surface area contributed by atoms with E-state index in [4.69, 9.17) is 0 Å². The molecule has 1 aromatic rings. The molecule has 0 spiro atoms. The SMILES string of the molecule is Cc1ccc(CC(=O)NCC2CNCC2O)s1.Cl. The highest BCUT2D eigenvalue weighted by molar-refractivity contribution is 7.12. The largest absolute Gasteiger partial charge is 0.391 e. The van der Waals surface area contributed by atoms with Crippen molar-refractivity contribution < 1.29 is 9.90 Å². The minimum atomic E-state index is -0.334. The number of carbonyl (C=O) groups is 1. The minimum Gasteiger partial charge on any atom is -0.391 e. The number of aryl methyl sites for hydroxylation is 1. The summed E-state index contributed by atoms with van der Waals surface area (Å²) in [5.41, 5.74) is 0. The molecule has 2 atom stereocenters. The average molecular weight is 291 g/mol. The maximum Gasteiger partial charge on any atom is 0.225 e. The van der Waals surface area contributed by atoms with E-state index < -0.39 is 0 Å². The average Bonchev–Trinajstić information content (AvgIpc) is 2.85. The van der Waals surface area contributed by atoms with Crippen molar-refractivity contribution in [3.8, 4) is 0 Å². The molecule has 4 nitrogen and oxygen atoms in total. The van der Waals surface area contributed by atoms with Gasteiger partial charge in [-0.1, -0.05) is 0 Å². The van der Waals surface area contributed by atoms with Crippen LogP contribution < -0.4 is 10.6 Å².